The maximum atomic E-state index is 4.10. The van der Waals surface area contributed by atoms with Crippen molar-refractivity contribution in [3.63, 3.8) is 0 Å². The van der Waals surface area contributed by atoms with Crippen LogP contribution in [0.25, 0.3) is 5.57 Å². The maximum Gasteiger partial charge on any atom is -0.0183 e. The van der Waals surface area contributed by atoms with Gasteiger partial charge in [0.25, 0.3) is 0 Å². The third-order valence-corrected chi connectivity index (χ3v) is 2.24. The van der Waals surface area contributed by atoms with Crippen LogP contribution in [0, 0.1) is 0 Å². The lowest BCUT2D eigenvalue weighted by Gasteiger charge is -2.04. The molecule has 84 valence electrons. The molecule has 0 nitrogen and oxygen atoms in total. The first-order chi connectivity index (χ1) is 6.88. The summed E-state index contributed by atoms with van der Waals surface area (Å²) in [6.07, 6.45) is 0. The second-order valence-electron chi connectivity index (χ2n) is 3.21. The summed E-state index contributed by atoms with van der Waals surface area (Å²) < 4.78 is 0. The lowest BCUT2D eigenvalue weighted by atomic mass is 10.0. The summed E-state index contributed by atoms with van der Waals surface area (Å²) in [6.45, 7) is 4.10. The summed E-state index contributed by atoms with van der Waals surface area (Å²) in [7, 11) is 0. The summed E-state index contributed by atoms with van der Waals surface area (Å²) >= 11 is 0. The molecular formula is C14H14Br2. The van der Waals surface area contributed by atoms with Gasteiger partial charge >= 0.3 is 0 Å². The molecule has 2 aromatic rings. The van der Waals surface area contributed by atoms with Crippen molar-refractivity contribution in [2.45, 2.75) is 0 Å². The van der Waals surface area contributed by atoms with Gasteiger partial charge < -0.3 is 0 Å². The van der Waals surface area contributed by atoms with E-state index in [1.807, 2.05) is 36.4 Å². The molecule has 0 radical (unpaired) electrons. The van der Waals surface area contributed by atoms with Gasteiger partial charge in [-0.2, -0.15) is 0 Å². The van der Waals surface area contributed by atoms with Gasteiger partial charge in [-0.25, -0.2) is 0 Å². The first kappa shape index (κ1) is 15.1. The molecule has 2 heteroatoms. The van der Waals surface area contributed by atoms with Crippen molar-refractivity contribution in [1.29, 1.82) is 0 Å². The van der Waals surface area contributed by atoms with Gasteiger partial charge in [0.2, 0.25) is 0 Å². The van der Waals surface area contributed by atoms with Crippen molar-refractivity contribution >= 4 is 39.5 Å². The quantitative estimate of drug-likeness (QED) is 0.728. The topological polar surface area (TPSA) is 0 Å². The minimum atomic E-state index is 0. The highest BCUT2D eigenvalue weighted by Crippen LogP contribution is 2.20. The molecule has 0 N–H and O–H groups in total. The van der Waals surface area contributed by atoms with Gasteiger partial charge in [-0.15, -0.1) is 34.0 Å². The van der Waals surface area contributed by atoms with E-state index in [-0.39, 0.29) is 34.0 Å². The van der Waals surface area contributed by atoms with E-state index in [1.165, 1.54) is 11.1 Å². The van der Waals surface area contributed by atoms with E-state index in [9.17, 15) is 0 Å². The number of rotatable bonds is 2. The van der Waals surface area contributed by atoms with Crippen molar-refractivity contribution in [1.82, 2.24) is 0 Å². The van der Waals surface area contributed by atoms with Gasteiger partial charge in [-0.3, -0.25) is 0 Å². The molecule has 2 aromatic carbocycles. The van der Waals surface area contributed by atoms with Crippen LogP contribution < -0.4 is 0 Å². The Morgan fingerprint density at radius 1 is 0.625 bits per heavy atom. The molecule has 0 spiro atoms. The Morgan fingerprint density at radius 2 is 0.938 bits per heavy atom. The van der Waals surface area contributed by atoms with Crippen molar-refractivity contribution < 1.29 is 0 Å². The van der Waals surface area contributed by atoms with Crippen LogP contribution in [-0.2, 0) is 0 Å². The fraction of sp³-hybridized carbons (Fsp3) is 0. The largest absolute Gasteiger partial charge is 0.114 e. The number of benzene rings is 2. The van der Waals surface area contributed by atoms with Crippen LogP contribution in [0.15, 0.2) is 67.2 Å². The summed E-state index contributed by atoms with van der Waals surface area (Å²) in [5.74, 6) is 0. The zero-order valence-corrected chi connectivity index (χ0v) is 12.2. The van der Waals surface area contributed by atoms with Gasteiger partial charge in [0.05, 0.1) is 0 Å². The van der Waals surface area contributed by atoms with E-state index < -0.39 is 0 Å². The molecule has 0 aliphatic heterocycles. The van der Waals surface area contributed by atoms with Crippen molar-refractivity contribution in [2.24, 2.45) is 0 Å². The van der Waals surface area contributed by atoms with Gasteiger partial charge in [-0.1, -0.05) is 67.2 Å². The molecule has 0 bridgehead atoms. The highest BCUT2D eigenvalue weighted by atomic mass is 79.9. The molecule has 16 heavy (non-hydrogen) atoms. The van der Waals surface area contributed by atoms with Crippen LogP contribution in [0.4, 0.5) is 0 Å². The molecule has 0 saturated heterocycles. The SMILES string of the molecule is Br.Br.C=C(c1ccccc1)c1ccccc1. The molecule has 0 amide bonds. The van der Waals surface area contributed by atoms with Crippen molar-refractivity contribution in [3.05, 3.63) is 78.4 Å². The monoisotopic (exact) mass is 340 g/mol. The summed E-state index contributed by atoms with van der Waals surface area (Å²) in [6, 6.07) is 20.5. The van der Waals surface area contributed by atoms with E-state index in [1.54, 1.807) is 0 Å². The molecule has 2 rings (SSSR count). The minimum Gasteiger partial charge on any atom is -0.114 e. The summed E-state index contributed by atoms with van der Waals surface area (Å²) in [5.41, 5.74) is 3.43. The Balaban J connectivity index is 0.00000112. The van der Waals surface area contributed by atoms with Crippen LogP contribution >= 0.6 is 34.0 Å². The second-order valence-corrected chi connectivity index (χ2v) is 3.21. The standard InChI is InChI=1S/C14H12.2BrH/c1-12(13-8-4-2-5-9-13)14-10-6-3-7-11-14;;/h2-11H,1H2;2*1H. The van der Waals surface area contributed by atoms with Crippen LogP contribution in [-0.4, -0.2) is 0 Å². The normalized spacial score (nSPS) is 8.50. The molecule has 0 fully saturated rings. The van der Waals surface area contributed by atoms with Gasteiger partial charge in [0.1, 0.15) is 0 Å². The Hall–Kier alpha value is -0.860. The molecule has 0 saturated carbocycles. The fourth-order valence-corrected chi connectivity index (χ4v) is 1.45. The second kappa shape index (κ2) is 7.42. The number of halogens is 2. The Bertz CT molecular complexity index is 380. The Labute approximate surface area is 118 Å². The number of hydrogen-bond acceptors (Lipinski definition) is 0. The molecule has 0 heterocycles. The van der Waals surface area contributed by atoms with E-state index in [0.717, 1.165) is 5.57 Å². The highest BCUT2D eigenvalue weighted by molar-refractivity contribution is 8.93. The average molecular weight is 342 g/mol. The van der Waals surface area contributed by atoms with E-state index in [2.05, 4.69) is 30.8 Å². The summed E-state index contributed by atoms with van der Waals surface area (Å²) in [5, 5.41) is 0. The number of hydrogen-bond donors (Lipinski definition) is 0. The first-order valence-corrected chi connectivity index (χ1v) is 4.67. The zero-order valence-electron chi connectivity index (χ0n) is 8.80. The van der Waals surface area contributed by atoms with Crippen LogP contribution in [0.5, 0.6) is 0 Å². The van der Waals surface area contributed by atoms with E-state index in [4.69, 9.17) is 0 Å². The molecule has 0 aliphatic rings. The highest BCUT2D eigenvalue weighted by Gasteiger charge is 1.99. The van der Waals surface area contributed by atoms with Gasteiger partial charge in [-0.05, 0) is 16.7 Å². The first-order valence-electron chi connectivity index (χ1n) is 4.67. The third-order valence-electron chi connectivity index (χ3n) is 2.24. The van der Waals surface area contributed by atoms with E-state index in [0.29, 0.717) is 0 Å². The Morgan fingerprint density at radius 3 is 1.25 bits per heavy atom. The van der Waals surface area contributed by atoms with E-state index >= 15 is 0 Å². The lowest BCUT2D eigenvalue weighted by molar-refractivity contribution is 1.56. The predicted molar refractivity (Wildman–Crippen MR) is 81.7 cm³/mol. The Kier molecular flexibility index (Phi) is 7.02. The predicted octanol–water partition coefficient (Wildman–Crippen LogP) is 4.90. The molecule has 0 aliphatic carbocycles. The van der Waals surface area contributed by atoms with Crippen LogP contribution in [0.1, 0.15) is 11.1 Å². The molecule has 0 atom stereocenters. The van der Waals surface area contributed by atoms with Crippen LogP contribution in [0.2, 0.25) is 0 Å². The van der Waals surface area contributed by atoms with Gasteiger partial charge in [0, 0.05) is 0 Å². The van der Waals surface area contributed by atoms with Crippen molar-refractivity contribution in [3.8, 4) is 0 Å². The molecule has 0 unspecified atom stereocenters. The minimum absolute atomic E-state index is 0. The van der Waals surface area contributed by atoms with Gasteiger partial charge in [0.15, 0.2) is 0 Å². The van der Waals surface area contributed by atoms with Crippen LogP contribution in [0.3, 0.4) is 0 Å². The third kappa shape index (κ3) is 3.62. The fourth-order valence-electron chi connectivity index (χ4n) is 1.45. The van der Waals surface area contributed by atoms with Crippen molar-refractivity contribution in [2.75, 3.05) is 0 Å². The smallest absolute Gasteiger partial charge is 0.0183 e. The average Bonchev–Trinajstić information content (AvgIpc) is 2.30. The zero-order chi connectivity index (χ0) is 9.80. The summed E-state index contributed by atoms with van der Waals surface area (Å²) in [4.78, 5) is 0. The molecule has 0 aromatic heterocycles. The molecular weight excluding hydrogens is 328 g/mol. The maximum absolute atomic E-state index is 4.10. The lowest BCUT2D eigenvalue weighted by Crippen LogP contribution is -1.84.